The van der Waals surface area contributed by atoms with E-state index in [4.69, 9.17) is 0 Å². The Balaban J connectivity index is 1.35. The quantitative estimate of drug-likeness (QED) is 0.713. The molecule has 3 aliphatic carbocycles. The molecule has 19 heavy (non-hydrogen) atoms. The van der Waals surface area contributed by atoms with Crippen molar-refractivity contribution in [3.63, 3.8) is 0 Å². The van der Waals surface area contributed by atoms with Gasteiger partial charge in [-0.2, -0.15) is 0 Å². The smallest absolute Gasteiger partial charge is 0.315 e. The van der Waals surface area contributed by atoms with Crippen LogP contribution in [0, 0.1) is 17.3 Å². The number of urea groups is 1. The normalized spacial score (nSPS) is 32.7. The molecule has 0 bridgehead atoms. The number of hydrogen-bond acceptors (Lipinski definition) is 2. The number of rotatable bonds is 5. The van der Waals surface area contributed by atoms with E-state index in [0.717, 1.165) is 24.7 Å². The molecule has 3 N–H and O–H groups in total. The highest BCUT2D eigenvalue weighted by atomic mass is 16.3. The van der Waals surface area contributed by atoms with Gasteiger partial charge in [0.05, 0.1) is 6.61 Å². The molecule has 4 nitrogen and oxygen atoms in total. The third-order valence-corrected chi connectivity index (χ3v) is 5.33. The molecule has 3 fully saturated rings. The highest BCUT2D eigenvalue weighted by Crippen LogP contribution is 2.45. The lowest BCUT2D eigenvalue weighted by Crippen LogP contribution is -2.41. The fourth-order valence-electron chi connectivity index (χ4n) is 3.52. The predicted octanol–water partition coefficient (Wildman–Crippen LogP) is 2.03. The van der Waals surface area contributed by atoms with Crippen LogP contribution in [-0.4, -0.2) is 30.3 Å². The second kappa shape index (κ2) is 5.31. The van der Waals surface area contributed by atoms with E-state index in [1.54, 1.807) is 0 Å². The maximum Gasteiger partial charge on any atom is 0.315 e. The summed E-state index contributed by atoms with van der Waals surface area (Å²) in [6.45, 7) is 0.817. The van der Waals surface area contributed by atoms with Crippen molar-refractivity contribution in [2.45, 2.75) is 57.4 Å². The van der Waals surface area contributed by atoms with Crippen LogP contribution in [0.1, 0.15) is 51.4 Å². The van der Waals surface area contributed by atoms with Gasteiger partial charge in [0.15, 0.2) is 0 Å². The van der Waals surface area contributed by atoms with Crippen LogP contribution in [0.4, 0.5) is 4.79 Å². The molecule has 3 saturated carbocycles. The Labute approximate surface area is 115 Å². The summed E-state index contributed by atoms with van der Waals surface area (Å²) in [4.78, 5) is 11.8. The van der Waals surface area contributed by atoms with E-state index in [1.807, 2.05) is 0 Å². The lowest BCUT2D eigenvalue weighted by molar-refractivity contribution is 0.202. The Morgan fingerprint density at radius 3 is 2.58 bits per heavy atom. The van der Waals surface area contributed by atoms with Crippen LogP contribution in [0.15, 0.2) is 0 Å². The molecule has 4 heteroatoms. The first-order valence-electron chi connectivity index (χ1n) is 7.88. The number of aliphatic hydroxyl groups is 1. The van der Waals surface area contributed by atoms with Gasteiger partial charge in [-0.1, -0.05) is 32.1 Å². The number of amides is 2. The molecule has 3 aliphatic rings. The summed E-state index contributed by atoms with van der Waals surface area (Å²) in [5.74, 6) is 1.59. The topological polar surface area (TPSA) is 61.4 Å². The van der Waals surface area contributed by atoms with Crippen molar-refractivity contribution >= 4 is 6.03 Å². The zero-order valence-electron chi connectivity index (χ0n) is 11.7. The second-order valence-electron chi connectivity index (χ2n) is 6.89. The first-order valence-corrected chi connectivity index (χ1v) is 7.88. The number of carbonyl (C=O) groups excluding carboxylic acids is 1. The van der Waals surface area contributed by atoms with Crippen LogP contribution < -0.4 is 10.6 Å². The number of aliphatic hydroxyl groups excluding tert-OH is 1. The van der Waals surface area contributed by atoms with Crippen molar-refractivity contribution < 1.29 is 9.90 Å². The van der Waals surface area contributed by atoms with E-state index >= 15 is 0 Å². The van der Waals surface area contributed by atoms with Gasteiger partial charge in [0.2, 0.25) is 0 Å². The summed E-state index contributed by atoms with van der Waals surface area (Å²) in [7, 11) is 0. The zero-order valence-corrected chi connectivity index (χ0v) is 11.7. The Hall–Kier alpha value is -0.770. The lowest BCUT2D eigenvalue weighted by Gasteiger charge is -2.21. The molecule has 0 radical (unpaired) electrons. The molecule has 2 amide bonds. The molecule has 0 aromatic rings. The van der Waals surface area contributed by atoms with Crippen molar-refractivity contribution in [2.24, 2.45) is 17.3 Å². The average Bonchev–Trinajstić information content (AvgIpc) is 3.34. The van der Waals surface area contributed by atoms with Crippen LogP contribution in [0.2, 0.25) is 0 Å². The molecule has 108 valence electrons. The van der Waals surface area contributed by atoms with Crippen molar-refractivity contribution in [3.05, 3.63) is 0 Å². The highest BCUT2D eigenvalue weighted by molar-refractivity contribution is 5.74. The van der Waals surface area contributed by atoms with Crippen LogP contribution in [-0.2, 0) is 0 Å². The molecule has 0 aliphatic heterocycles. The van der Waals surface area contributed by atoms with Crippen LogP contribution in [0.25, 0.3) is 0 Å². The SMILES string of the molecule is O=C(NCC1(CO)CC1)NC1CC1C1CCCCC1. The minimum Gasteiger partial charge on any atom is -0.396 e. The monoisotopic (exact) mass is 266 g/mol. The Kier molecular flexibility index (Phi) is 3.70. The van der Waals surface area contributed by atoms with Gasteiger partial charge in [0.1, 0.15) is 0 Å². The maximum atomic E-state index is 11.8. The van der Waals surface area contributed by atoms with Gasteiger partial charge in [-0.25, -0.2) is 4.79 Å². The van der Waals surface area contributed by atoms with Crippen LogP contribution in [0.5, 0.6) is 0 Å². The van der Waals surface area contributed by atoms with E-state index in [1.165, 1.54) is 38.5 Å². The fraction of sp³-hybridized carbons (Fsp3) is 0.933. The highest BCUT2D eigenvalue weighted by Gasteiger charge is 2.45. The number of hydrogen-bond donors (Lipinski definition) is 3. The van der Waals surface area contributed by atoms with Gasteiger partial charge in [-0.15, -0.1) is 0 Å². The van der Waals surface area contributed by atoms with Crippen molar-refractivity contribution in [2.75, 3.05) is 13.2 Å². The summed E-state index contributed by atoms with van der Waals surface area (Å²) < 4.78 is 0. The molecular weight excluding hydrogens is 240 g/mol. The van der Waals surface area contributed by atoms with E-state index < -0.39 is 0 Å². The van der Waals surface area contributed by atoms with Crippen LogP contribution in [0.3, 0.4) is 0 Å². The molecule has 0 aromatic carbocycles. The van der Waals surface area contributed by atoms with E-state index in [-0.39, 0.29) is 18.1 Å². The Bertz CT molecular complexity index is 335. The third kappa shape index (κ3) is 3.22. The summed E-state index contributed by atoms with van der Waals surface area (Å²) >= 11 is 0. The summed E-state index contributed by atoms with van der Waals surface area (Å²) in [6.07, 6.45) is 10.1. The number of carbonyl (C=O) groups is 1. The molecule has 2 atom stereocenters. The average molecular weight is 266 g/mol. The first kappa shape index (κ1) is 13.2. The minimum absolute atomic E-state index is 0.00363. The lowest BCUT2D eigenvalue weighted by atomic mass is 9.85. The second-order valence-corrected chi connectivity index (χ2v) is 6.89. The molecule has 3 rings (SSSR count). The van der Waals surface area contributed by atoms with Crippen molar-refractivity contribution in [1.29, 1.82) is 0 Å². The fourth-order valence-corrected chi connectivity index (χ4v) is 3.52. The van der Waals surface area contributed by atoms with E-state index in [0.29, 0.717) is 12.6 Å². The maximum absolute atomic E-state index is 11.8. The Morgan fingerprint density at radius 2 is 1.95 bits per heavy atom. The zero-order chi connectivity index (χ0) is 13.3. The molecule has 0 aromatic heterocycles. The molecular formula is C15H26N2O2. The summed E-state index contributed by atoms with van der Waals surface area (Å²) in [5, 5.41) is 15.2. The Morgan fingerprint density at radius 1 is 1.21 bits per heavy atom. The van der Waals surface area contributed by atoms with Gasteiger partial charge in [-0.3, -0.25) is 0 Å². The largest absolute Gasteiger partial charge is 0.396 e. The van der Waals surface area contributed by atoms with E-state index in [9.17, 15) is 9.90 Å². The first-order chi connectivity index (χ1) is 9.22. The standard InChI is InChI=1S/C15H26N2O2/c18-10-15(6-7-15)9-16-14(19)17-13-8-12(13)11-4-2-1-3-5-11/h11-13,18H,1-10H2,(H2,16,17,19). The van der Waals surface area contributed by atoms with Gasteiger partial charge in [0.25, 0.3) is 0 Å². The molecule has 0 saturated heterocycles. The summed E-state index contributed by atoms with van der Waals surface area (Å²) in [5.41, 5.74) is 0.00363. The van der Waals surface area contributed by atoms with Gasteiger partial charge in [-0.05, 0) is 31.1 Å². The molecule has 0 heterocycles. The van der Waals surface area contributed by atoms with Gasteiger partial charge < -0.3 is 15.7 Å². The number of nitrogens with one attached hydrogen (secondary N) is 2. The minimum atomic E-state index is -0.0389. The van der Waals surface area contributed by atoms with Gasteiger partial charge in [0, 0.05) is 18.0 Å². The van der Waals surface area contributed by atoms with Crippen molar-refractivity contribution in [3.8, 4) is 0 Å². The van der Waals surface area contributed by atoms with Gasteiger partial charge >= 0.3 is 6.03 Å². The third-order valence-electron chi connectivity index (χ3n) is 5.33. The van der Waals surface area contributed by atoms with Crippen LogP contribution >= 0.6 is 0 Å². The molecule has 0 spiro atoms. The predicted molar refractivity (Wildman–Crippen MR) is 73.8 cm³/mol. The van der Waals surface area contributed by atoms with Crippen molar-refractivity contribution in [1.82, 2.24) is 10.6 Å². The summed E-state index contributed by atoms with van der Waals surface area (Å²) in [6, 6.07) is 0.371. The van der Waals surface area contributed by atoms with E-state index in [2.05, 4.69) is 10.6 Å². The molecule has 2 unspecified atom stereocenters.